The quantitative estimate of drug-likeness (QED) is 0.934. The van der Waals surface area contributed by atoms with Crippen molar-refractivity contribution < 1.29 is 0 Å². The van der Waals surface area contributed by atoms with Gasteiger partial charge in [-0.2, -0.15) is 0 Å². The lowest BCUT2D eigenvalue weighted by Crippen LogP contribution is -2.43. The van der Waals surface area contributed by atoms with Crippen LogP contribution in [0.25, 0.3) is 10.9 Å². The molecule has 2 fully saturated rings. The van der Waals surface area contributed by atoms with Gasteiger partial charge in [-0.25, -0.2) is 0 Å². The Bertz CT molecular complexity index is 624. The van der Waals surface area contributed by atoms with Gasteiger partial charge in [-0.3, -0.25) is 4.90 Å². The number of para-hydroxylation sites is 1. The van der Waals surface area contributed by atoms with Crippen molar-refractivity contribution in [1.29, 1.82) is 0 Å². The third kappa shape index (κ3) is 2.39. The maximum absolute atomic E-state index is 3.71. The Balaban J connectivity index is 1.59. The number of rotatable bonds is 3. The number of nitrogens with one attached hydrogen (secondary N) is 1. The fraction of sp³-hybridized carbons (Fsp3) is 0.556. The van der Waals surface area contributed by atoms with Gasteiger partial charge in [0.2, 0.25) is 0 Å². The molecule has 0 spiro atoms. The molecule has 2 aliphatic rings. The largest absolute Gasteiger partial charge is 0.350 e. The van der Waals surface area contributed by atoms with Crippen LogP contribution in [0.1, 0.15) is 31.2 Å². The standard InChI is InChI=1S/C18H25N3/c1-20-12-14(15-6-2-3-8-17(15)20)13-21-11-5-9-18(21)16-7-4-10-19-16/h2-3,6,8,12,16,18-19H,4-5,7,9-11,13H2,1H3. The molecule has 2 saturated heterocycles. The van der Waals surface area contributed by atoms with E-state index in [-0.39, 0.29) is 0 Å². The lowest BCUT2D eigenvalue weighted by Gasteiger charge is -2.29. The smallest absolute Gasteiger partial charge is 0.0481 e. The third-order valence-corrected chi connectivity index (χ3v) is 5.33. The molecule has 1 N–H and O–H groups in total. The molecule has 2 unspecified atom stereocenters. The fourth-order valence-corrected chi connectivity index (χ4v) is 4.31. The number of hydrogen-bond donors (Lipinski definition) is 1. The van der Waals surface area contributed by atoms with Crippen LogP contribution in [-0.2, 0) is 13.6 Å². The zero-order chi connectivity index (χ0) is 14.2. The van der Waals surface area contributed by atoms with Crippen molar-refractivity contribution in [2.45, 2.75) is 44.3 Å². The van der Waals surface area contributed by atoms with Gasteiger partial charge in [-0.05, 0) is 50.4 Å². The van der Waals surface area contributed by atoms with Crippen molar-refractivity contribution in [2.24, 2.45) is 7.05 Å². The SMILES string of the molecule is Cn1cc(CN2CCCC2C2CCCN2)c2ccccc21. The van der Waals surface area contributed by atoms with Crippen LogP contribution in [0, 0.1) is 0 Å². The predicted molar refractivity (Wildman–Crippen MR) is 87.4 cm³/mol. The summed E-state index contributed by atoms with van der Waals surface area (Å²) >= 11 is 0. The summed E-state index contributed by atoms with van der Waals surface area (Å²) in [6.07, 6.45) is 7.75. The first-order valence-electron chi connectivity index (χ1n) is 8.33. The molecule has 4 rings (SSSR count). The Morgan fingerprint density at radius 1 is 1.19 bits per heavy atom. The Morgan fingerprint density at radius 2 is 2.10 bits per heavy atom. The number of nitrogens with zero attached hydrogens (tertiary/aromatic N) is 2. The summed E-state index contributed by atoms with van der Waals surface area (Å²) in [5, 5.41) is 5.13. The topological polar surface area (TPSA) is 20.2 Å². The predicted octanol–water partition coefficient (Wildman–Crippen LogP) is 2.89. The van der Waals surface area contributed by atoms with E-state index in [1.54, 1.807) is 0 Å². The van der Waals surface area contributed by atoms with Crippen molar-refractivity contribution in [3.63, 3.8) is 0 Å². The summed E-state index contributed by atoms with van der Waals surface area (Å²) in [5.41, 5.74) is 2.83. The number of aromatic nitrogens is 1. The van der Waals surface area contributed by atoms with E-state index in [4.69, 9.17) is 0 Å². The van der Waals surface area contributed by atoms with Gasteiger partial charge in [0.15, 0.2) is 0 Å². The molecular weight excluding hydrogens is 258 g/mol. The third-order valence-electron chi connectivity index (χ3n) is 5.33. The second kappa shape index (κ2) is 5.47. The first-order chi connectivity index (χ1) is 10.3. The van der Waals surface area contributed by atoms with E-state index >= 15 is 0 Å². The van der Waals surface area contributed by atoms with E-state index < -0.39 is 0 Å². The van der Waals surface area contributed by atoms with Gasteiger partial charge in [0.1, 0.15) is 0 Å². The molecule has 0 radical (unpaired) electrons. The van der Waals surface area contributed by atoms with Gasteiger partial charge in [-0.1, -0.05) is 18.2 Å². The molecule has 112 valence electrons. The summed E-state index contributed by atoms with van der Waals surface area (Å²) < 4.78 is 2.27. The maximum Gasteiger partial charge on any atom is 0.0481 e. The highest BCUT2D eigenvalue weighted by Crippen LogP contribution is 2.29. The molecule has 0 aliphatic carbocycles. The van der Waals surface area contributed by atoms with E-state index in [2.05, 4.69) is 52.3 Å². The van der Waals surface area contributed by atoms with Crippen molar-refractivity contribution in [2.75, 3.05) is 13.1 Å². The lowest BCUT2D eigenvalue weighted by molar-refractivity contribution is 0.207. The van der Waals surface area contributed by atoms with Crippen molar-refractivity contribution in [3.8, 4) is 0 Å². The summed E-state index contributed by atoms with van der Waals surface area (Å²) in [6.45, 7) is 3.57. The van der Waals surface area contributed by atoms with E-state index in [0.717, 1.165) is 18.6 Å². The van der Waals surface area contributed by atoms with Crippen LogP contribution in [0.3, 0.4) is 0 Å². The van der Waals surface area contributed by atoms with Gasteiger partial charge in [0.05, 0.1) is 0 Å². The Kier molecular flexibility index (Phi) is 3.48. The number of benzene rings is 1. The highest BCUT2D eigenvalue weighted by Gasteiger charge is 2.33. The minimum absolute atomic E-state index is 0.725. The number of aryl methyl sites for hydroxylation is 1. The van der Waals surface area contributed by atoms with Gasteiger partial charge >= 0.3 is 0 Å². The average Bonchev–Trinajstić information content (AvgIpc) is 3.21. The monoisotopic (exact) mass is 283 g/mol. The van der Waals surface area contributed by atoms with Gasteiger partial charge in [0, 0.05) is 42.8 Å². The second-order valence-corrected chi connectivity index (χ2v) is 6.67. The van der Waals surface area contributed by atoms with E-state index in [0.29, 0.717) is 0 Å². The molecule has 0 amide bonds. The summed E-state index contributed by atoms with van der Waals surface area (Å²) in [7, 11) is 2.16. The van der Waals surface area contributed by atoms with Gasteiger partial charge in [-0.15, -0.1) is 0 Å². The zero-order valence-corrected chi connectivity index (χ0v) is 12.9. The number of hydrogen-bond acceptors (Lipinski definition) is 2. The molecule has 2 atom stereocenters. The molecule has 3 nitrogen and oxygen atoms in total. The van der Waals surface area contributed by atoms with Crippen LogP contribution in [0.2, 0.25) is 0 Å². The molecular formula is C18H25N3. The lowest BCUT2D eigenvalue weighted by atomic mass is 10.0. The van der Waals surface area contributed by atoms with Crippen LogP contribution in [-0.4, -0.2) is 34.6 Å². The summed E-state index contributed by atoms with van der Waals surface area (Å²) in [5.74, 6) is 0. The summed E-state index contributed by atoms with van der Waals surface area (Å²) in [4.78, 5) is 2.71. The Labute approximate surface area is 126 Å². The highest BCUT2D eigenvalue weighted by atomic mass is 15.2. The van der Waals surface area contributed by atoms with E-state index in [9.17, 15) is 0 Å². The number of fused-ring (bicyclic) bond motifs is 1. The molecule has 2 aliphatic heterocycles. The van der Waals surface area contributed by atoms with Crippen molar-refractivity contribution >= 4 is 10.9 Å². The fourth-order valence-electron chi connectivity index (χ4n) is 4.31. The van der Waals surface area contributed by atoms with Crippen LogP contribution in [0.15, 0.2) is 30.5 Å². The molecule has 0 bridgehead atoms. The molecule has 21 heavy (non-hydrogen) atoms. The molecule has 1 aromatic carbocycles. The first-order valence-corrected chi connectivity index (χ1v) is 8.33. The maximum atomic E-state index is 3.71. The summed E-state index contributed by atoms with van der Waals surface area (Å²) in [6, 6.07) is 10.2. The Hall–Kier alpha value is -1.32. The second-order valence-electron chi connectivity index (χ2n) is 6.67. The zero-order valence-electron chi connectivity index (χ0n) is 12.9. The van der Waals surface area contributed by atoms with Gasteiger partial charge in [0.25, 0.3) is 0 Å². The van der Waals surface area contributed by atoms with Crippen molar-refractivity contribution in [1.82, 2.24) is 14.8 Å². The normalized spacial score (nSPS) is 26.9. The average molecular weight is 283 g/mol. The van der Waals surface area contributed by atoms with Crippen molar-refractivity contribution in [3.05, 3.63) is 36.0 Å². The van der Waals surface area contributed by atoms with Crippen LogP contribution >= 0.6 is 0 Å². The van der Waals surface area contributed by atoms with Gasteiger partial charge < -0.3 is 9.88 Å². The molecule has 1 aromatic heterocycles. The van der Waals surface area contributed by atoms with E-state index in [1.807, 2.05) is 0 Å². The van der Waals surface area contributed by atoms with E-state index in [1.165, 1.54) is 55.2 Å². The molecule has 3 heterocycles. The molecule has 2 aromatic rings. The minimum Gasteiger partial charge on any atom is -0.350 e. The van der Waals surface area contributed by atoms with Crippen LogP contribution in [0.4, 0.5) is 0 Å². The minimum atomic E-state index is 0.725. The Morgan fingerprint density at radius 3 is 2.95 bits per heavy atom. The molecule has 0 saturated carbocycles. The number of likely N-dealkylation sites (tertiary alicyclic amines) is 1. The van der Waals surface area contributed by atoms with Crippen LogP contribution in [0.5, 0.6) is 0 Å². The first kappa shape index (κ1) is 13.4. The van der Waals surface area contributed by atoms with Crippen LogP contribution < -0.4 is 5.32 Å². The highest BCUT2D eigenvalue weighted by molar-refractivity contribution is 5.83. The molecule has 3 heteroatoms.